The van der Waals surface area contributed by atoms with Gasteiger partial charge in [0.25, 0.3) is 0 Å². The lowest BCUT2D eigenvalue weighted by atomic mass is 9.95. The third kappa shape index (κ3) is 3.91. The van der Waals surface area contributed by atoms with Crippen LogP contribution in [0.15, 0.2) is 77.6 Å². The Balaban J connectivity index is 2.08. The lowest BCUT2D eigenvalue weighted by molar-refractivity contribution is 0.103. The van der Waals surface area contributed by atoms with Gasteiger partial charge in [0.05, 0.1) is 11.1 Å². The van der Waals surface area contributed by atoms with Crippen molar-refractivity contribution in [1.82, 2.24) is 4.57 Å². The molecule has 3 aromatic carbocycles. The van der Waals surface area contributed by atoms with E-state index in [1.54, 1.807) is 34.9 Å². The molecule has 0 spiro atoms. The van der Waals surface area contributed by atoms with Crippen molar-refractivity contribution in [2.75, 3.05) is 0 Å². The lowest BCUT2D eigenvalue weighted by Gasteiger charge is -2.20. The Labute approximate surface area is 178 Å². The molecule has 1 heterocycles. The summed E-state index contributed by atoms with van der Waals surface area (Å²) in [5, 5.41) is 0.00319. The minimum Gasteiger partial charge on any atom is -0.343 e. The van der Waals surface area contributed by atoms with Crippen molar-refractivity contribution >= 4 is 16.7 Å². The second kappa shape index (κ2) is 8.64. The Morgan fingerprint density at radius 1 is 0.903 bits per heavy atom. The van der Waals surface area contributed by atoms with Gasteiger partial charge in [0.15, 0.2) is 17.4 Å². The van der Waals surface area contributed by atoms with E-state index in [-0.39, 0.29) is 10.9 Å². The molecule has 31 heavy (non-hydrogen) atoms. The van der Waals surface area contributed by atoms with Crippen molar-refractivity contribution in [1.29, 1.82) is 0 Å². The van der Waals surface area contributed by atoms with Crippen LogP contribution in [0.5, 0.6) is 0 Å². The van der Waals surface area contributed by atoms with E-state index in [1.165, 1.54) is 0 Å². The standard InChI is InChI=1S/C26H21F2NO2/c1-2-13-29-22-16-21(28)20(27)15-19(22)26(31)24(25(30)18-11-7-4-8-12-18)23(29)14-17-9-5-3-6-10-17/h3-12,15-16H,2,13-14H2,1H3. The molecule has 0 fully saturated rings. The Morgan fingerprint density at radius 3 is 2.16 bits per heavy atom. The van der Waals surface area contributed by atoms with Gasteiger partial charge in [-0.2, -0.15) is 0 Å². The number of ketones is 1. The molecule has 0 bridgehead atoms. The summed E-state index contributed by atoms with van der Waals surface area (Å²) in [6, 6.07) is 19.9. The molecule has 0 saturated carbocycles. The monoisotopic (exact) mass is 417 g/mol. The van der Waals surface area contributed by atoms with Crippen LogP contribution in [0.4, 0.5) is 8.78 Å². The average Bonchev–Trinajstić information content (AvgIpc) is 2.79. The first-order chi connectivity index (χ1) is 15.0. The van der Waals surface area contributed by atoms with Gasteiger partial charge in [0, 0.05) is 35.7 Å². The average molecular weight is 417 g/mol. The Morgan fingerprint density at radius 2 is 1.52 bits per heavy atom. The molecule has 4 rings (SSSR count). The molecule has 0 radical (unpaired) electrons. The second-order valence-electron chi connectivity index (χ2n) is 7.44. The third-order valence-corrected chi connectivity index (χ3v) is 5.34. The van der Waals surface area contributed by atoms with Gasteiger partial charge < -0.3 is 4.57 Å². The SMILES string of the molecule is CCCn1c(Cc2ccccc2)c(C(=O)c2ccccc2)c(=O)c2cc(F)c(F)cc21. The van der Waals surface area contributed by atoms with Crippen molar-refractivity contribution in [3.8, 4) is 0 Å². The molecule has 0 aliphatic carbocycles. The maximum absolute atomic E-state index is 14.1. The molecule has 0 amide bonds. The number of rotatable bonds is 6. The van der Waals surface area contributed by atoms with Gasteiger partial charge in [0.2, 0.25) is 5.43 Å². The number of aromatic nitrogens is 1. The largest absolute Gasteiger partial charge is 0.343 e. The maximum Gasteiger partial charge on any atom is 0.200 e. The smallest absolute Gasteiger partial charge is 0.200 e. The summed E-state index contributed by atoms with van der Waals surface area (Å²) < 4.78 is 29.9. The van der Waals surface area contributed by atoms with E-state index in [2.05, 4.69) is 0 Å². The summed E-state index contributed by atoms with van der Waals surface area (Å²) in [5.74, 6) is -2.56. The molecule has 156 valence electrons. The van der Waals surface area contributed by atoms with E-state index in [0.717, 1.165) is 17.7 Å². The van der Waals surface area contributed by atoms with Crippen LogP contribution in [0.3, 0.4) is 0 Å². The van der Waals surface area contributed by atoms with Crippen LogP contribution in [0.25, 0.3) is 10.9 Å². The summed E-state index contributed by atoms with van der Waals surface area (Å²) in [4.78, 5) is 26.9. The van der Waals surface area contributed by atoms with Crippen molar-refractivity contribution in [2.24, 2.45) is 0 Å². The van der Waals surface area contributed by atoms with Crippen LogP contribution in [0.1, 0.15) is 40.5 Å². The zero-order valence-electron chi connectivity index (χ0n) is 17.1. The molecule has 5 heteroatoms. The molecule has 0 unspecified atom stereocenters. The number of fused-ring (bicyclic) bond motifs is 1. The van der Waals surface area contributed by atoms with Crippen LogP contribution in [-0.2, 0) is 13.0 Å². The number of nitrogens with zero attached hydrogens (tertiary/aromatic N) is 1. The molecule has 0 atom stereocenters. The van der Waals surface area contributed by atoms with E-state index in [4.69, 9.17) is 0 Å². The highest BCUT2D eigenvalue weighted by molar-refractivity contribution is 6.11. The Hall–Kier alpha value is -3.60. The molecule has 0 aliphatic heterocycles. The number of carbonyl (C=O) groups excluding carboxylic acids is 1. The number of carbonyl (C=O) groups is 1. The summed E-state index contributed by atoms with van der Waals surface area (Å²) in [7, 11) is 0. The minimum absolute atomic E-state index is 0.00186. The van der Waals surface area contributed by atoms with Gasteiger partial charge in [-0.1, -0.05) is 67.6 Å². The number of pyridine rings is 1. The van der Waals surface area contributed by atoms with Crippen LogP contribution in [-0.4, -0.2) is 10.4 Å². The topological polar surface area (TPSA) is 39.1 Å². The van der Waals surface area contributed by atoms with E-state index < -0.39 is 22.8 Å². The van der Waals surface area contributed by atoms with Crippen molar-refractivity contribution in [3.63, 3.8) is 0 Å². The van der Waals surface area contributed by atoms with Gasteiger partial charge >= 0.3 is 0 Å². The van der Waals surface area contributed by atoms with E-state index in [0.29, 0.717) is 36.2 Å². The summed E-state index contributed by atoms with van der Waals surface area (Å²) in [6.07, 6.45) is 1.01. The predicted molar refractivity (Wildman–Crippen MR) is 118 cm³/mol. The van der Waals surface area contributed by atoms with Gasteiger partial charge in [0.1, 0.15) is 0 Å². The number of hydrogen-bond acceptors (Lipinski definition) is 2. The zero-order chi connectivity index (χ0) is 22.0. The molecular formula is C26H21F2NO2. The molecule has 1 aromatic heterocycles. The summed E-state index contributed by atoms with van der Waals surface area (Å²) >= 11 is 0. The predicted octanol–water partition coefficient (Wildman–Crippen LogP) is 5.51. The van der Waals surface area contributed by atoms with Gasteiger partial charge in [-0.05, 0) is 18.1 Å². The third-order valence-electron chi connectivity index (χ3n) is 5.34. The first kappa shape index (κ1) is 20.7. The normalized spacial score (nSPS) is 11.1. The molecule has 0 saturated heterocycles. The fraction of sp³-hybridized carbons (Fsp3) is 0.154. The van der Waals surface area contributed by atoms with Gasteiger partial charge in [-0.25, -0.2) is 8.78 Å². The number of hydrogen-bond donors (Lipinski definition) is 0. The lowest BCUT2D eigenvalue weighted by Crippen LogP contribution is -2.25. The van der Waals surface area contributed by atoms with Crippen molar-refractivity contribution in [3.05, 3.63) is 117 Å². The van der Waals surface area contributed by atoms with Crippen LogP contribution >= 0.6 is 0 Å². The van der Waals surface area contributed by atoms with Gasteiger partial charge in [-0.3, -0.25) is 9.59 Å². The first-order valence-electron chi connectivity index (χ1n) is 10.2. The molecule has 3 nitrogen and oxygen atoms in total. The fourth-order valence-corrected chi connectivity index (χ4v) is 3.91. The van der Waals surface area contributed by atoms with E-state index in [1.807, 2.05) is 37.3 Å². The van der Waals surface area contributed by atoms with E-state index in [9.17, 15) is 18.4 Å². The number of benzene rings is 3. The first-order valence-corrected chi connectivity index (χ1v) is 10.2. The summed E-state index contributed by atoms with van der Waals surface area (Å²) in [6.45, 7) is 2.41. The van der Waals surface area contributed by atoms with Crippen LogP contribution in [0, 0.1) is 11.6 Å². The minimum atomic E-state index is -1.11. The zero-order valence-corrected chi connectivity index (χ0v) is 17.1. The van der Waals surface area contributed by atoms with Crippen molar-refractivity contribution < 1.29 is 13.6 Å². The van der Waals surface area contributed by atoms with Crippen LogP contribution in [0.2, 0.25) is 0 Å². The maximum atomic E-state index is 14.1. The molecule has 0 N–H and O–H groups in total. The van der Waals surface area contributed by atoms with E-state index >= 15 is 0 Å². The van der Waals surface area contributed by atoms with Crippen molar-refractivity contribution in [2.45, 2.75) is 26.3 Å². The number of aryl methyl sites for hydroxylation is 1. The fourth-order valence-electron chi connectivity index (χ4n) is 3.91. The molecular weight excluding hydrogens is 396 g/mol. The Kier molecular flexibility index (Phi) is 5.76. The van der Waals surface area contributed by atoms with Gasteiger partial charge in [-0.15, -0.1) is 0 Å². The second-order valence-corrected chi connectivity index (χ2v) is 7.44. The Bertz CT molecular complexity index is 1310. The highest BCUT2D eigenvalue weighted by Gasteiger charge is 2.24. The number of halogens is 2. The molecule has 4 aromatic rings. The highest BCUT2D eigenvalue weighted by atomic mass is 19.2. The highest BCUT2D eigenvalue weighted by Crippen LogP contribution is 2.24. The quantitative estimate of drug-likeness (QED) is 0.388. The summed E-state index contributed by atoms with van der Waals surface area (Å²) in [5.41, 5.74) is 1.50. The van der Waals surface area contributed by atoms with Crippen LogP contribution < -0.4 is 5.43 Å². The molecule has 0 aliphatic rings.